The van der Waals surface area contributed by atoms with Crippen LogP contribution in [0.3, 0.4) is 0 Å². The maximum atomic E-state index is 14.3. The highest BCUT2D eigenvalue weighted by Gasteiger charge is 2.51. The molecule has 35 heavy (non-hydrogen) atoms. The molecule has 5 aliphatic rings. The molecule has 4 saturated carbocycles. The van der Waals surface area contributed by atoms with Crippen LogP contribution >= 0.6 is 23.4 Å². The summed E-state index contributed by atoms with van der Waals surface area (Å²) in [6.45, 7) is -0.196. The summed E-state index contributed by atoms with van der Waals surface area (Å²) < 4.78 is 19.9. The fourth-order valence-electron chi connectivity index (χ4n) is 7.26. The third-order valence-corrected chi connectivity index (χ3v) is 9.68. The van der Waals surface area contributed by atoms with E-state index in [1.807, 2.05) is 6.07 Å². The van der Waals surface area contributed by atoms with E-state index in [0.717, 1.165) is 40.0 Å². The quantitative estimate of drug-likeness (QED) is 0.398. The number of methoxy groups -OCH3 is 1. The highest BCUT2D eigenvalue weighted by molar-refractivity contribution is 8.18. The normalized spacial score (nSPS) is 30.5. The number of benzene rings is 2. The van der Waals surface area contributed by atoms with Crippen molar-refractivity contribution in [2.24, 2.45) is 17.8 Å². The van der Waals surface area contributed by atoms with Gasteiger partial charge in [0.1, 0.15) is 11.6 Å². The molecule has 2 aromatic rings. The number of rotatable bonds is 5. The molecule has 7 heteroatoms. The van der Waals surface area contributed by atoms with Crippen molar-refractivity contribution in [1.29, 1.82) is 0 Å². The first-order valence-corrected chi connectivity index (χ1v) is 13.4. The molecule has 7 rings (SSSR count). The van der Waals surface area contributed by atoms with Crippen LogP contribution in [-0.4, -0.2) is 23.2 Å². The van der Waals surface area contributed by atoms with Gasteiger partial charge in [-0.15, -0.1) is 0 Å². The van der Waals surface area contributed by atoms with Crippen LogP contribution in [0.25, 0.3) is 6.08 Å². The Morgan fingerprint density at radius 3 is 2.43 bits per heavy atom. The molecule has 0 atom stereocenters. The molecule has 2 amide bonds. The van der Waals surface area contributed by atoms with Crippen molar-refractivity contribution in [3.63, 3.8) is 0 Å². The lowest BCUT2D eigenvalue weighted by Crippen LogP contribution is -2.48. The van der Waals surface area contributed by atoms with E-state index < -0.39 is 17.0 Å². The van der Waals surface area contributed by atoms with E-state index >= 15 is 0 Å². The minimum absolute atomic E-state index is 0.138. The van der Waals surface area contributed by atoms with Gasteiger partial charge in [-0.1, -0.05) is 23.7 Å². The largest absolute Gasteiger partial charge is 0.496 e. The molecule has 4 aliphatic carbocycles. The summed E-state index contributed by atoms with van der Waals surface area (Å²) in [6, 6.07) is 10.7. The van der Waals surface area contributed by atoms with Crippen molar-refractivity contribution in [2.45, 2.75) is 50.5 Å². The van der Waals surface area contributed by atoms with Gasteiger partial charge in [0.05, 0.1) is 18.6 Å². The number of hydrogen-bond donors (Lipinski definition) is 0. The summed E-state index contributed by atoms with van der Waals surface area (Å²) in [5.74, 6) is 2.17. The molecular weight excluding hydrogens is 485 g/mol. The SMILES string of the molecule is COc1ccc(C23CC4CC(CC(C4)C2)C3)cc1/C=C1\SC(=O)N(Cc2c(F)cccc2Cl)C1=O. The Morgan fingerprint density at radius 1 is 1.11 bits per heavy atom. The Hall–Kier alpha value is -2.31. The smallest absolute Gasteiger partial charge is 0.293 e. The summed E-state index contributed by atoms with van der Waals surface area (Å²) >= 11 is 7.00. The third kappa shape index (κ3) is 3.99. The van der Waals surface area contributed by atoms with Gasteiger partial charge in [-0.2, -0.15) is 0 Å². The first-order chi connectivity index (χ1) is 16.8. The minimum atomic E-state index is -0.537. The van der Waals surface area contributed by atoms with Gasteiger partial charge in [0, 0.05) is 16.1 Å². The maximum absolute atomic E-state index is 14.3. The fourth-order valence-corrected chi connectivity index (χ4v) is 8.31. The zero-order chi connectivity index (χ0) is 24.3. The third-order valence-electron chi connectivity index (χ3n) is 8.42. The average molecular weight is 512 g/mol. The van der Waals surface area contributed by atoms with Gasteiger partial charge < -0.3 is 4.74 Å². The topological polar surface area (TPSA) is 46.6 Å². The Morgan fingerprint density at radius 2 is 1.80 bits per heavy atom. The molecule has 0 spiro atoms. The van der Waals surface area contributed by atoms with Crippen LogP contribution in [-0.2, 0) is 16.8 Å². The Balaban J connectivity index is 1.31. The molecule has 0 unspecified atom stereocenters. The van der Waals surface area contributed by atoms with Crippen LogP contribution in [0.15, 0.2) is 41.3 Å². The Kier molecular flexibility index (Phi) is 5.72. The van der Waals surface area contributed by atoms with E-state index in [2.05, 4.69) is 12.1 Å². The van der Waals surface area contributed by atoms with Crippen LogP contribution in [0.4, 0.5) is 9.18 Å². The van der Waals surface area contributed by atoms with Gasteiger partial charge in [0.25, 0.3) is 11.1 Å². The fraction of sp³-hybridized carbons (Fsp3) is 0.429. The van der Waals surface area contributed by atoms with Gasteiger partial charge in [-0.25, -0.2) is 4.39 Å². The summed E-state index contributed by atoms with van der Waals surface area (Å²) in [4.78, 5) is 27.2. The predicted molar refractivity (Wildman–Crippen MR) is 136 cm³/mol. The van der Waals surface area contributed by atoms with Crippen molar-refractivity contribution < 1.29 is 18.7 Å². The minimum Gasteiger partial charge on any atom is -0.496 e. The standard InChI is InChI=1S/C28H27ClFNO3S/c1-34-24-6-5-20(28-12-16-7-17(13-28)9-18(8-16)14-28)10-19(24)11-25-26(32)31(27(33)35-25)15-21-22(29)3-2-4-23(21)30/h2-6,10-11,16-18H,7-9,12-15H2,1H3/b25-11-. The molecule has 182 valence electrons. The second kappa shape index (κ2) is 8.67. The van der Waals surface area contributed by atoms with Crippen LogP contribution in [0, 0.1) is 23.6 Å². The lowest BCUT2D eigenvalue weighted by Gasteiger charge is -2.57. The van der Waals surface area contributed by atoms with Gasteiger partial charge in [0.2, 0.25) is 0 Å². The van der Waals surface area contributed by atoms with Crippen LogP contribution in [0.2, 0.25) is 5.02 Å². The summed E-state index contributed by atoms with van der Waals surface area (Å²) in [5, 5.41) is -0.241. The number of imide groups is 1. The average Bonchev–Trinajstić information content (AvgIpc) is 3.07. The Bertz CT molecular complexity index is 1200. The summed E-state index contributed by atoms with van der Waals surface area (Å²) in [6.07, 6.45) is 9.60. The van der Waals surface area contributed by atoms with Crippen molar-refractivity contribution in [1.82, 2.24) is 4.90 Å². The molecule has 5 fully saturated rings. The van der Waals surface area contributed by atoms with Crippen molar-refractivity contribution in [3.05, 3.63) is 68.8 Å². The lowest BCUT2D eigenvalue weighted by molar-refractivity contribution is -0.123. The van der Waals surface area contributed by atoms with E-state index in [4.69, 9.17) is 16.3 Å². The number of nitrogens with zero attached hydrogens (tertiary/aromatic N) is 1. The number of ether oxygens (including phenoxy) is 1. The van der Waals surface area contributed by atoms with E-state index in [-0.39, 0.29) is 22.5 Å². The van der Waals surface area contributed by atoms with Crippen LogP contribution in [0.5, 0.6) is 5.75 Å². The van der Waals surface area contributed by atoms with E-state index in [1.165, 1.54) is 56.2 Å². The predicted octanol–water partition coefficient (Wildman–Crippen LogP) is 7.19. The molecule has 2 aromatic carbocycles. The van der Waals surface area contributed by atoms with Crippen LogP contribution in [0.1, 0.15) is 55.2 Å². The zero-order valence-electron chi connectivity index (χ0n) is 19.6. The first-order valence-electron chi connectivity index (χ1n) is 12.2. The lowest BCUT2D eigenvalue weighted by atomic mass is 9.48. The molecule has 0 aromatic heterocycles. The second-order valence-electron chi connectivity index (χ2n) is 10.6. The number of halogens is 2. The maximum Gasteiger partial charge on any atom is 0.293 e. The van der Waals surface area contributed by atoms with Gasteiger partial charge >= 0.3 is 0 Å². The van der Waals surface area contributed by atoms with Crippen LogP contribution < -0.4 is 4.74 Å². The van der Waals surface area contributed by atoms with Gasteiger partial charge in [-0.3, -0.25) is 14.5 Å². The van der Waals surface area contributed by atoms with Gasteiger partial charge in [0.15, 0.2) is 0 Å². The van der Waals surface area contributed by atoms with E-state index in [9.17, 15) is 14.0 Å². The molecule has 4 nitrogen and oxygen atoms in total. The van der Waals surface area contributed by atoms with E-state index in [0.29, 0.717) is 10.7 Å². The zero-order valence-corrected chi connectivity index (χ0v) is 21.1. The number of carbonyl (C=O) groups excluding carboxylic acids is 2. The monoisotopic (exact) mass is 511 g/mol. The summed E-state index contributed by atoms with van der Waals surface area (Å²) in [5.41, 5.74) is 2.47. The summed E-state index contributed by atoms with van der Waals surface area (Å²) in [7, 11) is 1.61. The second-order valence-corrected chi connectivity index (χ2v) is 12.0. The molecule has 0 radical (unpaired) electrons. The van der Waals surface area contributed by atoms with E-state index in [1.54, 1.807) is 19.3 Å². The molecule has 1 heterocycles. The number of thioether (sulfide) groups is 1. The first kappa shape index (κ1) is 23.1. The van der Waals surface area contributed by atoms with Crippen molar-refractivity contribution >= 4 is 40.6 Å². The molecule has 4 bridgehead atoms. The molecule has 1 aliphatic heterocycles. The van der Waals surface area contributed by atoms with Crippen molar-refractivity contribution in [2.75, 3.05) is 7.11 Å². The number of hydrogen-bond acceptors (Lipinski definition) is 4. The highest BCUT2D eigenvalue weighted by atomic mass is 35.5. The molecular formula is C28H27ClFNO3S. The molecule has 0 N–H and O–H groups in total. The Labute approximate surface area is 213 Å². The van der Waals surface area contributed by atoms with Gasteiger partial charge in [-0.05, 0) is 109 Å². The molecule has 1 saturated heterocycles. The number of amides is 2. The van der Waals surface area contributed by atoms with Crippen molar-refractivity contribution in [3.8, 4) is 5.75 Å². The number of carbonyl (C=O) groups is 2. The highest BCUT2D eigenvalue weighted by Crippen LogP contribution is 2.61.